The van der Waals surface area contributed by atoms with Crippen LogP contribution in [0.1, 0.15) is 33.9 Å². The highest BCUT2D eigenvalue weighted by molar-refractivity contribution is 7.91. The molecule has 1 fully saturated rings. The third-order valence-corrected chi connectivity index (χ3v) is 6.08. The maximum Gasteiger partial charge on any atom is 0.254 e. The van der Waals surface area contributed by atoms with Crippen LogP contribution in [0.3, 0.4) is 0 Å². The third kappa shape index (κ3) is 3.70. The number of nitrogens with zero attached hydrogens (tertiary/aromatic N) is 1. The second kappa shape index (κ2) is 6.43. The highest BCUT2D eigenvalue weighted by atomic mass is 32.2. The Morgan fingerprint density at radius 1 is 1.17 bits per heavy atom. The van der Waals surface area contributed by atoms with E-state index in [0.29, 0.717) is 17.7 Å². The number of furan rings is 1. The van der Waals surface area contributed by atoms with Gasteiger partial charge in [-0.15, -0.1) is 0 Å². The Labute approximate surface area is 142 Å². The highest BCUT2D eigenvalue weighted by Gasteiger charge is 2.35. The maximum atomic E-state index is 13.0. The summed E-state index contributed by atoms with van der Waals surface area (Å²) in [5.74, 6) is 1.42. The molecule has 0 bridgehead atoms. The van der Waals surface area contributed by atoms with Crippen LogP contribution >= 0.6 is 0 Å². The monoisotopic (exact) mass is 347 g/mol. The Kier molecular flexibility index (Phi) is 4.49. The Hall–Kier alpha value is -2.08. The van der Waals surface area contributed by atoms with Crippen molar-refractivity contribution in [1.29, 1.82) is 0 Å². The number of aryl methyl sites for hydroxylation is 2. The summed E-state index contributed by atoms with van der Waals surface area (Å²) in [6, 6.07) is 10.7. The molecular formula is C18H21NO4S. The van der Waals surface area contributed by atoms with Crippen LogP contribution in [0.25, 0.3) is 0 Å². The fraction of sp³-hybridized carbons (Fsp3) is 0.389. The molecule has 3 rings (SSSR count). The average molecular weight is 347 g/mol. The van der Waals surface area contributed by atoms with Crippen molar-refractivity contribution in [3.8, 4) is 0 Å². The molecule has 1 saturated heterocycles. The number of carbonyl (C=O) groups is 1. The topological polar surface area (TPSA) is 67.6 Å². The molecule has 0 N–H and O–H groups in total. The number of sulfone groups is 1. The smallest absolute Gasteiger partial charge is 0.254 e. The Bertz CT molecular complexity index is 836. The molecule has 2 aromatic rings. The largest absolute Gasteiger partial charge is 0.464 e. The molecular weight excluding hydrogens is 326 g/mol. The standard InChI is InChI=1S/C18H21NO4S/c1-13-3-6-15(7-4-13)18(20)19(11-17-8-5-14(2)23-17)16-9-10-24(21,22)12-16/h3-8,16H,9-12H2,1-2H3/t16-/m0/s1. The first-order valence-electron chi connectivity index (χ1n) is 7.97. The van der Waals surface area contributed by atoms with Gasteiger partial charge in [0.1, 0.15) is 11.5 Å². The van der Waals surface area contributed by atoms with Crippen molar-refractivity contribution in [3.63, 3.8) is 0 Å². The average Bonchev–Trinajstić information content (AvgIpc) is 3.10. The molecule has 1 aromatic carbocycles. The van der Waals surface area contributed by atoms with E-state index in [0.717, 1.165) is 11.3 Å². The lowest BCUT2D eigenvalue weighted by Crippen LogP contribution is -2.40. The molecule has 128 valence electrons. The normalized spacial score (nSPS) is 19.3. The molecule has 0 radical (unpaired) electrons. The van der Waals surface area contributed by atoms with Crippen LogP contribution in [0.2, 0.25) is 0 Å². The van der Waals surface area contributed by atoms with Crippen LogP contribution < -0.4 is 0 Å². The van der Waals surface area contributed by atoms with E-state index in [-0.39, 0.29) is 30.0 Å². The first kappa shape index (κ1) is 16.8. The van der Waals surface area contributed by atoms with Gasteiger partial charge in [-0.3, -0.25) is 4.79 Å². The SMILES string of the molecule is Cc1ccc(C(=O)N(Cc2ccc(C)o2)[C@H]2CCS(=O)(=O)C2)cc1. The first-order valence-corrected chi connectivity index (χ1v) is 9.79. The van der Waals surface area contributed by atoms with Gasteiger partial charge in [-0.2, -0.15) is 0 Å². The molecule has 0 saturated carbocycles. The van der Waals surface area contributed by atoms with Crippen molar-refractivity contribution in [1.82, 2.24) is 4.90 Å². The van der Waals surface area contributed by atoms with Gasteiger partial charge < -0.3 is 9.32 Å². The van der Waals surface area contributed by atoms with Crippen molar-refractivity contribution in [2.45, 2.75) is 32.9 Å². The van der Waals surface area contributed by atoms with Gasteiger partial charge in [0.05, 0.1) is 18.1 Å². The molecule has 1 amide bonds. The lowest BCUT2D eigenvalue weighted by Gasteiger charge is -2.27. The molecule has 1 aliphatic rings. The zero-order chi connectivity index (χ0) is 17.3. The zero-order valence-electron chi connectivity index (χ0n) is 13.9. The number of hydrogen-bond acceptors (Lipinski definition) is 4. The summed E-state index contributed by atoms with van der Waals surface area (Å²) in [7, 11) is -3.07. The van der Waals surface area contributed by atoms with Crippen LogP contribution in [-0.4, -0.2) is 36.8 Å². The minimum atomic E-state index is -3.07. The second-order valence-corrected chi connectivity index (χ2v) is 8.60. The van der Waals surface area contributed by atoms with Gasteiger partial charge in [0.25, 0.3) is 5.91 Å². The van der Waals surface area contributed by atoms with Gasteiger partial charge in [0.2, 0.25) is 0 Å². The van der Waals surface area contributed by atoms with Crippen molar-refractivity contribution >= 4 is 15.7 Å². The van der Waals surface area contributed by atoms with Gasteiger partial charge >= 0.3 is 0 Å². The van der Waals surface area contributed by atoms with E-state index in [1.165, 1.54) is 0 Å². The van der Waals surface area contributed by atoms with Gasteiger partial charge in [0.15, 0.2) is 9.84 Å². The van der Waals surface area contributed by atoms with E-state index in [1.54, 1.807) is 17.0 Å². The number of benzene rings is 1. The number of carbonyl (C=O) groups excluding carboxylic acids is 1. The number of hydrogen-bond donors (Lipinski definition) is 0. The summed E-state index contributed by atoms with van der Waals surface area (Å²) in [4.78, 5) is 14.6. The van der Waals surface area contributed by atoms with E-state index < -0.39 is 9.84 Å². The molecule has 1 aromatic heterocycles. The summed E-state index contributed by atoms with van der Waals surface area (Å²) in [5.41, 5.74) is 1.64. The summed E-state index contributed by atoms with van der Waals surface area (Å²) >= 11 is 0. The van der Waals surface area contributed by atoms with Crippen LogP contribution in [0.5, 0.6) is 0 Å². The zero-order valence-corrected chi connectivity index (χ0v) is 14.7. The van der Waals surface area contributed by atoms with Crippen LogP contribution in [-0.2, 0) is 16.4 Å². The van der Waals surface area contributed by atoms with Crippen molar-refractivity contribution in [2.75, 3.05) is 11.5 Å². The van der Waals surface area contributed by atoms with Gasteiger partial charge in [-0.05, 0) is 44.5 Å². The maximum absolute atomic E-state index is 13.0. The lowest BCUT2D eigenvalue weighted by molar-refractivity contribution is 0.0665. The van der Waals surface area contributed by atoms with Crippen LogP contribution in [0.4, 0.5) is 0 Å². The summed E-state index contributed by atoms with van der Waals surface area (Å²) < 4.78 is 29.3. The van der Waals surface area contributed by atoms with Gasteiger partial charge in [0, 0.05) is 11.6 Å². The fourth-order valence-corrected chi connectivity index (χ4v) is 4.72. The van der Waals surface area contributed by atoms with Crippen LogP contribution in [0, 0.1) is 13.8 Å². The lowest BCUT2D eigenvalue weighted by atomic mass is 10.1. The predicted octanol–water partition coefficient (Wildman–Crippen LogP) is 2.73. The molecule has 1 atom stereocenters. The third-order valence-electron chi connectivity index (χ3n) is 4.33. The summed E-state index contributed by atoms with van der Waals surface area (Å²) in [6.45, 7) is 4.08. The Morgan fingerprint density at radius 2 is 1.88 bits per heavy atom. The van der Waals surface area contributed by atoms with E-state index in [4.69, 9.17) is 4.42 Å². The van der Waals surface area contributed by atoms with Gasteiger partial charge in [-0.25, -0.2) is 8.42 Å². The second-order valence-electron chi connectivity index (χ2n) is 6.37. The van der Waals surface area contributed by atoms with E-state index >= 15 is 0 Å². The minimum absolute atomic E-state index is 0.0181. The predicted molar refractivity (Wildman–Crippen MR) is 91.6 cm³/mol. The van der Waals surface area contributed by atoms with Crippen LogP contribution in [0.15, 0.2) is 40.8 Å². The molecule has 0 spiro atoms. The van der Waals surface area contributed by atoms with E-state index in [9.17, 15) is 13.2 Å². The number of rotatable bonds is 4. The van der Waals surface area contributed by atoms with Gasteiger partial charge in [-0.1, -0.05) is 17.7 Å². The molecule has 5 nitrogen and oxygen atoms in total. The molecule has 6 heteroatoms. The molecule has 0 unspecified atom stereocenters. The first-order chi connectivity index (χ1) is 11.3. The van der Waals surface area contributed by atoms with E-state index in [1.807, 2.05) is 38.1 Å². The molecule has 0 aliphatic carbocycles. The van der Waals surface area contributed by atoms with Crippen molar-refractivity contribution < 1.29 is 17.6 Å². The number of amides is 1. The Morgan fingerprint density at radius 3 is 2.42 bits per heavy atom. The summed E-state index contributed by atoms with van der Waals surface area (Å²) in [5, 5.41) is 0. The summed E-state index contributed by atoms with van der Waals surface area (Å²) in [6.07, 6.45) is 0.472. The highest BCUT2D eigenvalue weighted by Crippen LogP contribution is 2.23. The molecule has 24 heavy (non-hydrogen) atoms. The fourth-order valence-electron chi connectivity index (χ4n) is 2.99. The molecule has 2 heterocycles. The minimum Gasteiger partial charge on any atom is -0.464 e. The quantitative estimate of drug-likeness (QED) is 0.853. The van der Waals surface area contributed by atoms with Crippen molar-refractivity contribution in [3.05, 3.63) is 59.0 Å². The van der Waals surface area contributed by atoms with E-state index in [2.05, 4.69) is 0 Å². The Balaban J connectivity index is 1.88. The molecule has 1 aliphatic heterocycles. The van der Waals surface area contributed by atoms with Crippen molar-refractivity contribution in [2.24, 2.45) is 0 Å².